The van der Waals surface area contributed by atoms with Crippen molar-refractivity contribution in [3.8, 4) is 0 Å². The van der Waals surface area contributed by atoms with Crippen LogP contribution in [0.4, 0.5) is 0 Å². The summed E-state index contributed by atoms with van der Waals surface area (Å²) < 4.78 is 49.7. The summed E-state index contributed by atoms with van der Waals surface area (Å²) in [4.78, 5) is 12.9. The first-order valence-electron chi connectivity index (χ1n) is 5.16. The lowest BCUT2D eigenvalue weighted by atomic mass is 10.6. The minimum atomic E-state index is -3.86. The highest BCUT2D eigenvalue weighted by Gasteiger charge is 2.21. The Bertz CT molecular complexity index is 698. The van der Waals surface area contributed by atoms with Crippen LogP contribution in [0.5, 0.6) is 0 Å². The van der Waals surface area contributed by atoms with Gasteiger partial charge in [-0.05, 0) is 6.92 Å². The quantitative estimate of drug-likeness (QED) is 0.688. The molecule has 0 aromatic carbocycles. The Hall–Kier alpha value is -0.750. The molecule has 0 atom stereocenters. The van der Waals surface area contributed by atoms with Crippen molar-refractivity contribution in [2.24, 2.45) is 0 Å². The maximum atomic E-state index is 11.9. The zero-order valence-electron chi connectivity index (χ0n) is 10.6. The smallest absolute Gasteiger partial charge is 0.305 e. The number of hydrogen-bond acceptors (Lipinski definition) is 6. The van der Waals surface area contributed by atoms with Crippen molar-refractivity contribution in [1.29, 1.82) is 0 Å². The van der Waals surface area contributed by atoms with Crippen LogP contribution in [0.25, 0.3) is 0 Å². The molecule has 8 nitrogen and oxygen atoms in total. The summed E-state index contributed by atoms with van der Waals surface area (Å²) in [5, 5.41) is 0. The van der Waals surface area contributed by atoms with E-state index in [-0.39, 0.29) is 22.2 Å². The molecule has 11 heteroatoms. The number of rotatable bonds is 6. The van der Waals surface area contributed by atoms with Gasteiger partial charge in [-0.1, -0.05) is 11.3 Å². The van der Waals surface area contributed by atoms with Crippen LogP contribution < -0.4 is 9.60 Å². The van der Waals surface area contributed by atoms with Gasteiger partial charge in [-0.25, -0.2) is 25.9 Å². The normalized spacial score (nSPS) is 13.1. The highest BCUT2D eigenvalue weighted by atomic mass is 32.2. The van der Waals surface area contributed by atoms with Gasteiger partial charge < -0.3 is 4.98 Å². The van der Waals surface area contributed by atoms with Gasteiger partial charge in [0.1, 0.15) is 0 Å². The van der Waals surface area contributed by atoms with Crippen LogP contribution >= 0.6 is 11.3 Å². The largest absolute Gasteiger partial charge is 0.315 e. The number of aromatic nitrogens is 1. The van der Waals surface area contributed by atoms with E-state index >= 15 is 0 Å². The van der Waals surface area contributed by atoms with E-state index in [0.717, 1.165) is 4.31 Å². The van der Waals surface area contributed by atoms with Gasteiger partial charge in [0.2, 0.25) is 10.0 Å². The van der Waals surface area contributed by atoms with E-state index in [9.17, 15) is 21.6 Å². The second kappa shape index (κ2) is 5.71. The Kier molecular flexibility index (Phi) is 4.90. The Morgan fingerprint density at radius 3 is 2.26 bits per heavy atom. The molecule has 0 amide bonds. The van der Waals surface area contributed by atoms with Crippen LogP contribution in [0.2, 0.25) is 0 Å². The van der Waals surface area contributed by atoms with Crippen LogP contribution in [0.15, 0.2) is 9.00 Å². The number of H-pyrrole nitrogens is 1. The van der Waals surface area contributed by atoms with Gasteiger partial charge in [-0.3, -0.25) is 4.79 Å². The van der Waals surface area contributed by atoms with Crippen LogP contribution in [0.1, 0.15) is 5.69 Å². The highest BCUT2D eigenvalue weighted by Crippen LogP contribution is 2.15. The molecule has 19 heavy (non-hydrogen) atoms. The van der Waals surface area contributed by atoms with Crippen molar-refractivity contribution in [3.05, 3.63) is 15.4 Å². The maximum absolute atomic E-state index is 11.9. The van der Waals surface area contributed by atoms with Crippen molar-refractivity contribution in [1.82, 2.24) is 14.0 Å². The summed E-state index contributed by atoms with van der Waals surface area (Å²) in [7, 11) is -4.60. The Balaban J connectivity index is 2.78. The van der Waals surface area contributed by atoms with Crippen molar-refractivity contribution >= 4 is 31.4 Å². The highest BCUT2D eigenvalue weighted by molar-refractivity contribution is 7.91. The first-order chi connectivity index (χ1) is 8.56. The predicted octanol–water partition coefficient (Wildman–Crippen LogP) is -1.09. The van der Waals surface area contributed by atoms with Crippen LogP contribution in [0, 0.1) is 6.92 Å². The number of aryl methyl sites for hydroxylation is 1. The van der Waals surface area contributed by atoms with Crippen LogP contribution in [-0.4, -0.2) is 52.5 Å². The Morgan fingerprint density at radius 1 is 1.26 bits per heavy atom. The van der Waals surface area contributed by atoms with Crippen molar-refractivity contribution in [3.63, 3.8) is 0 Å². The molecule has 0 spiro atoms. The maximum Gasteiger partial charge on any atom is 0.305 e. The van der Waals surface area contributed by atoms with Crippen molar-refractivity contribution < 1.29 is 16.8 Å². The van der Waals surface area contributed by atoms with E-state index in [4.69, 9.17) is 0 Å². The number of aromatic amines is 1. The van der Waals surface area contributed by atoms with Gasteiger partial charge in [0.05, 0.1) is 5.75 Å². The number of nitrogens with zero attached hydrogens (tertiary/aromatic N) is 1. The summed E-state index contributed by atoms with van der Waals surface area (Å²) in [6, 6.07) is 0. The number of sulfonamides is 2. The molecule has 0 fully saturated rings. The molecule has 110 valence electrons. The number of hydrogen-bond donors (Lipinski definition) is 2. The molecular formula is C8H15N3O5S3. The molecular weight excluding hydrogens is 314 g/mol. The molecule has 1 aromatic rings. The molecule has 0 aliphatic carbocycles. The lowest BCUT2D eigenvalue weighted by Crippen LogP contribution is -2.33. The predicted molar refractivity (Wildman–Crippen MR) is 72.3 cm³/mol. The average Bonchev–Trinajstić information content (AvgIpc) is 2.57. The van der Waals surface area contributed by atoms with Crippen molar-refractivity contribution in [2.75, 3.05) is 26.4 Å². The molecule has 0 unspecified atom stereocenters. The summed E-state index contributed by atoms with van der Waals surface area (Å²) >= 11 is 0.564. The van der Waals surface area contributed by atoms with E-state index in [1.54, 1.807) is 0 Å². The summed E-state index contributed by atoms with van der Waals surface area (Å²) in [6.07, 6.45) is 0. The van der Waals surface area contributed by atoms with Crippen LogP contribution in [0.3, 0.4) is 0 Å². The topological polar surface area (TPSA) is 116 Å². The molecule has 0 aliphatic rings. The number of nitrogens with one attached hydrogen (secondary N) is 2. The molecule has 0 aliphatic heterocycles. The van der Waals surface area contributed by atoms with Gasteiger partial charge in [0, 0.05) is 26.3 Å². The first-order valence-corrected chi connectivity index (χ1v) is 9.07. The van der Waals surface area contributed by atoms with E-state index in [0.29, 0.717) is 11.3 Å². The van der Waals surface area contributed by atoms with E-state index < -0.39 is 24.9 Å². The SMILES string of the molecule is Cc1[nH]c(=O)sc1S(=O)(=O)NCCS(=O)(=O)N(C)C. The third-order valence-corrected chi connectivity index (χ3v) is 7.13. The molecule has 2 N–H and O–H groups in total. The minimum absolute atomic E-state index is 0.125. The fraction of sp³-hybridized carbons (Fsp3) is 0.625. The molecule has 0 saturated heterocycles. The van der Waals surface area contributed by atoms with Gasteiger partial charge >= 0.3 is 4.87 Å². The van der Waals surface area contributed by atoms with Gasteiger partial charge in [0.25, 0.3) is 10.0 Å². The second-order valence-corrected chi connectivity index (χ2v) is 9.17. The van der Waals surface area contributed by atoms with E-state index in [1.165, 1.54) is 21.0 Å². The Labute approximate surface area is 115 Å². The zero-order chi connectivity index (χ0) is 14.8. The average molecular weight is 329 g/mol. The van der Waals surface area contributed by atoms with Crippen molar-refractivity contribution in [2.45, 2.75) is 11.1 Å². The monoisotopic (exact) mass is 329 g/mol. The second-order valence-electron chi connectivity index (χ2n) is 3.92. The van der Waals surface area contributed by atoms with Gasteiger partial charge in [-0.2, -0.15) is 0 Å². The summed E-state index contributed by atoms with van der Waals surface area (Å²) in [5.74, 6) is -0.350. The van der Waals surface area contributed by atoms with E-state index in [1.807, 2.05) is 0 Å². The summed E-state index contributed by atoms with van der Waals surface area (Å²) in [5.41, 5.74) is 0.234. The molecule has 1 heterocycles. The molecule has 0 bridgehead atoms. The fourth-order valence-corrected chi connectivity index (χ4v) is 4.43. The molecule has 0 radical (unpaired) electrons. The van der Waals surface area contributed by atoms with Gasteiger partial charge in [0.15, 0.2) is 4.21 Å². The third-order valence-electron chi connectivity index (χ3n) is 2.23. The standard InChI is InChI=1S/C8H15N3O5S3/c1-6-7(17-8(12)10-6)19(15,16)9-4-5-18(13,14)11(2)3/h9H,4-5H2,1-3H3,(H,10,12). The fourth-order valence-electron chi connectivity index (χ4n) is 1.20. The van der Waals surface area contributed by atoms with Gasteiger partial charge in [-0.15, -0.1) is 0 Å². The lowest BCUT2D eigenvalue weighted by molar-refractivity contribution is 0.519. The zero-order valence-corrected chi connectivity index (χ0v) is 13.1. The van der Waals surface area contributed by atoms with E-state index in [2.05, 4.69) is 9.71 Å². The van der Waals surface area contributed by atoms with Crippen LogP contribution in [-0.2, 0) is 20.0 Å². The lowest BCUT2D eigenvalue weighted by Gasteiger charge is -2.11. The molecule has 1 aromatic heterocycles. The third kappa shape index (κ3) is 4.11. The Morgan fingerprint density at radius 2 is 1.84 bits per heavy atom. The summed E-state index contributed by atoms with van der Waals surface area (Å²) in [6.45, 7) is 1.21. The number of thiazole rings is 1. The molecule has 0 saturated carbocycles. The molecule has 1 rings (SSSR count). The first kappa shape index (κ1) is 16.3. The minimum Gasteiger partial charge on any atom is -0.315 e.